The minimum atomic E-state index is -3.94. The molecule has 1 heterocycles. The van der Waals surface area contributed by atoms with E-state index < -0.39 is 26.3 Å². The average Bonchev–Trinajstić information content (AvgIpc) is 3.26. The monoisotopic (exact) mass is 549 g/mol. The van der Waals surface area contributed by atoms with E-state index in [1.54, 1.807) is 19.9 Å². The van der Waals surface area contributed by atoms with Crippen molar-refractivity contribution in [2.45, 2.75) is 50.8 Å². The van der Waals surface area contributed by atoms with Gasteiger partial charge in [-0.2, -0.15) is 0 Å². The van der Waals surface area contributed by atoms with E-state index in [0.29, 0.717) is 5.56 Å². The summed E-state index contributed by atoms with van der Waals surface area (Å²) in [5.74, 6) is -1.26. The van der Waals surface area contributed by atoms with Crippen molar-refractivity contribution in [3.8, 4) is 11.3 Å². The Morgan fingerprint density at radius 3 is 2.23 bits per heavy atom. The van der Waals surface area contributed by atoms with Crippen LogP contribution in [-0.4, -0.2) is 35.9 Å². The molecule has 0 aliphatic carbocycles. The molecule has 0 amide bonds. The molecule has 0 fully saturated rings. The number of aromatic nitrogens is 1. The molecule has 0 spiro atoms. The first-order valence-electron chi connectivity index (χ1n) is 12.4. The maximum absolute atomic E-state index is 13.0. The summed E-state index contributed by atoms with van der Waals surface area (Å²) < 4.78 is 28.6. The number of hydrogen-bond donors (Lipinski definition) is 3. The van der Waals surface area contributed by atoms with Gasteiger partial charge in [-0.3, -0.25) is 14.9 Å². The molecule has 0 radical (unpaired) electrons. The molecular formula is C29H31N3O6S. The number of aliphatic carboxylic acids is 1. The lowest BCUT2D eigenvalue weighted by molar-refractivity contribution is -0.384. The summed E-state index contributed by atoms with van der Waals surface area (Å²) in [4.78, 5) is 25.7. The number of carboxylic acid groups (broad SMARTS) is 1. The summed E-state index contributed by atoms with van der Waals surface area (Å²) in [6.07, 6.45) is 0. The molecule has 204 valence electrons. The molecule has 3 aromatic carbocycles. The zero-order chi connectivity index (χ0) is 28.7. The third-order valence-corrected chi connectivity index (χ3v) is 8.48. The first-order chi connectivity index (χ1) is 18.2. The van der Waals surface area contributed by atoms with Gasteiger partial charge >= 0.3 is 5.97 Å². The number of carbonyl (C=O) groups is 1. The Morgan fingerprint density at radius 2 is 1.67 bits per heavy atom. The molecule has 9 nitrogen and oxygen atoms in total. The van der Waals surface area contributed by atoms with Gasteiger partial charge in [-0.1, -0.05) is 30.2 Å². The van der Waals surface area contributed by atoms with Gasteiger partial charge in [0.15, 0.2) is 0 Å². The van der Waals surface area contributed by atoms with Gasteiger partial charge in [0.05, 0.1) is 20.9 Å². The van der Waals surface area contributed by atoms with Crippen molar-refractivity contribution in [1.29, 1.82) is 0 Å². The smallest absolute Gasteiger partial charge is 0.313 e. The summed E-state index contributed by atoms with van der Waals surface area (Å²) in [6.45, 7) is 9.27. The lowest BCUT2D eigenvalue weighted by atomic mass is 9.83. The van der Waals surface area contributed by atoms with E-state index in [1.807, 2.05) is 32.9 Å². The van der Waals surface area contributed by atoms with Crippen LogP contribution >= 0.6 is 0 Å². The Labute approximate surface area is 227 Å². The number of rotatable bonds is 9. The largest absolute Gasteiger partial charge is 0.481 e. The van der Waals surface area contributed by atoms with Crippen LogP contribution in [0.1, 0.15) is 48.9 Å². The van der Waals surface area contributed by atoms with E-state index in [-0.39, 0.29) is 23.0 Å². The minimum absolute atomic E-state index is 0.0522. The number of H-pyrrole nitrogens is 1. The molecule has 0 saturated heterocycles. The first-order valence-corrected chi connectivity index (χ1v) is 13.9. The number of nitrogens with one attached hydrogen (secondary N) is 2. The lowest BCUT2D eigenvalue weighted by Crippen LogP contribution is -2.28. The van der Waals surface area contributed by atoms with Gasteiger partial charge in [-0.25, -0.2) is 13.1 Å². The Balaban J connectivity index is 1.78. The topological polar surface area (TPSA) is 142 Å². The summed E-state index contributed by atoms with van der Waals surface area (Å²) in [7, 11) is -3.94. The second-order valence-electron chi connectivity index (χ2n) is 10.5. The quantitative estimate of drug-likeness (QED) is 0.178. The van der Waals surface area contributed by atoms with Gasteiger partial charge in [0.2, 0.25) is 10.0 Å². The fourth-order valence-electron chi connectivity index (χ4n) is 4.75. The summed E-state index contributed by atoms with van der Waals surface area (Å²) in [5, 5.41) is 21.5. The number of benzene rings is 3. The molecule has 3 N–H and O–H groups in total. The number of hydrogen-bond acceptors (Lipinski definition) is 5. The second kappa shape index (κ2) is 10.3. The van der Waals surface area contributed by atoms with E-state index in [1.165, 1.54) is 12.1 Å². The SMILES string of the molecule is Cc1cc(C)cc(-c2[nH]c3ccc(C(C)(C)C(=O)O)cc3c2[C@H](C)CNS(=O)(=O)c2ccc([N+](=O)[O-])cc2)c1. The number of non-ortho nitro benzene ring substituents is 1. The van der Waals surface area contributed by atoms with Crippen molar-refractivity contribution >= 4 is 32.6 Å². The van der Waals surface area contributed by atoms with E-state index in [9.17, 15) is 28.4 Å². The van der Waals surface area contributed by atoms with Crippen LogP contribution in [0.3, 0.4) is 0 Å². The van der Waals surface area contributed by atoms with Crippen LogP contribution in [0.25, 0.3) is 22.2 Å². The van der Waals surface area contributed by atoms with Gasteiger partial charge in [-0.15, -0.1) is 0 Å². The molecule has 0 aliphatic heterocycles. The van der Waals surface area contributed by atoms with Crippen molar-refractivity contribution < 1.29 is 23.2 Å². The van der Waals surface area contributed by atoms with Crippen LogP contribution < -0.4 is 4.72 Å². The molecular weight excluding hydrogens is 518 g/mol. The van der Waals surface area contributed by atoms with Gasteiger partial charge < -0.3 is 10.1 Å². The number of sulfonamides is 1. The molecule has 0 unspecified atom stereocenters. The number of nitro groups is 1. The predicted molar refractivity (Wildman–Crippen MR) is 151 cm³/mol. The number of carboxylic acids is 1. The zero-order valence-electron chi connectivity index (χ0n) is 22.4. The highest BCUT2D eigenvalue weighted by molar-refractivity contribution is 7.89. The predicted octanol–water partition coefficient (Wildman–Crippen LogP) is 5.80. The maximum atomic E-state index is 13.0. The van der Waals surface area contributed by atoms with Crippen molar-refractivity contribution in [2.75, 3.05) is 6.54 Å². The Hall–Kier alpha value is -4.02. The van der Waals surface area contributed by atoms with E-state index >= 15 is 0 Å². The number of aryl methyl sites for hydroxylation is 2. The van der Waals surface area contributed by atoms with E-state index in [4.69, 9.17) is 0 Å². The van der Waals surface area contributed by atoms with Crippen molar-refractivity contribution in [2.24, 2.45) is 0 Å². The minimum Gasteiger partial charge on any atom is -0.481 e. The van der Waals surface area contributed by atoms with Crippen LogP contribution in [0, 0.1) is 24.0 Å². The Kier molecular flexibility index (Phi) is 7.38. The number of nitro benzene ring substituents is 1. The molecule has 0 saturated carbocycles. The van der Waals surface area contributed by atoms with Crippen molar-refractivity contribution in [1.82, 2.24) is 9.71 Å². The Bertz CT molecular complexity index is 1670. The van der Waals surface area contributed by atoms with Crippen LogP contribution in [0.5, 0.6) is 0 Å². The van der Waals surface area contributed by atoms with Crippen LogP contribution in [0.2, 0.25) is 0 Å². The zero-order valence-corrected chi connectivity index (χ0v) is 23.2. The highest BCUT2D eigenvalue weighted by Crippen LogP contribution is 2.38. The van der Waals surface area contributed by atoms with E-state index in [0.717, 1.165) is 51.0 Å². The average molecular weight is 550 g/mol. The molecule has 10 heteroatoms. The standard InChI is InChI=1S/C29H31N3O6S/c1-17-12-18(2)14-20(13-17)27-26(24-15-21(6-11-25(24)31-27)29(4,5)28(33)34)19(3)16-30-39(37,38)23-9-7-22(8-10-23)32(35)36/h6-15,19,30-31H,16H2,1-5H3,(H,33,34)/t19-/m1/s1. The third kappa shape index (κ3) is 5.57. The van der Waals surface area contributed by atoms with E-state index in [2.05, 4.69) is 27.9 Å². The fourth-order valence-corrected chi connectivity index (χ4v) is 5.88. The van der Waals surface area contributed by atoms with Gasteiger partial charge in [-0.05, 0) is 86.7 Å². The fraction of sp³-hybridized carbons (Fsp3) is 0.276. The number of nitrogens with zero attached hydrogens (tertiary/aromatic N) is 1. The maximum Gasteiger partial charge on any atom is 0.313 e. The highest BCUT2D eigenvalue weighted by atomic mass is 32.2. The lowest BCUT2D eigenvalue weighted by Gasteiger charge is -2.20. The summed E-state index contributed by atoms with van der Waals surface area (Å²) in [6, 6.07) is 16.4. The number of fused-ring (bicyclic) bond motifs is 1. The highest BCUT2D eigenvalue weighted by Gasteiger charge is 2.31. The Morgan fingerprint density at radius 1 is 1.05 bits per heavy atom. The second-order valence-corrected chi connectivity index (χ2v) is 12.3. The van der Waals surface area contributed by atoms with Gasteiger partial charge in [0.25, 0.3) is 5.69 Å². The molecule has 1 atom stereocenters. The molecule has 4 rings (SSSR count). The molecule has 0 aliphatic rings. The third-order valence-electron chi connectivity index (χ3n) is 7.04. The number of aromatic amines is 1. The normalized spacial score (nSPS) is 12.9. The molecule has 1 aromatic heterocycles. The van der Waals surface area contributed by atoms with Crippen molar-refractivity contribution in [3.05, 3.63) is 93.0 Å². The van der Waals surface area contributed by atoms with Crippen molar-refractivity contribution in [3.63, 3.8) is 0 Å². The van der Waals surface area contributed by atoms with Crippen LogP contribution in [0.4, 0.5) is 5.69 Å². The summed E-state index contributed by atoms with van der Waals surface area (Å²) >= 11 is 0. The van der Waals surface area contributed by atoms with Crippen LogP contribution in [0.15, 0.2) is 65.6 Å². The first kappa shape index (κ1) is 28.0. The summed E-state index contributed by atoms with van der Waals surface area (Å²) in [5.41, 5.74) is 4.93. The molecule has 0 bridgehead atoms. The van der Waals surface area contributed by atoms with Gasteiger partial charge in [0, 0.05) is 29.6 Å². The molecule has 4 aromatic rings. The molecule has 39 heavy (non-hydrogen) atoms. The van der Waals surface area contributed by atoms with Gasteiger partial charge in [0.1, 0.15) is 0 Å². The van der Waals surface area contributed by atoms with Crippen LogP contribution in [-0.2, 0) is 20.2 Å².